The van der Waals surface area contributed by atoms with Gasteiger partial charge in [0.2, 0.25) is 0 Å². The molecule has 5 nitrogen and oxygen atoms in total. The van der Waals surface area contributed by atoms with E-state index in [0.29, 0.717) is 22.4 Å². The third-order valence-electron chi connectivity index (χ3n) is 4.75. The molecule has 0 saturated carbocycles. The monoisotopic (exact) mass is 426 g/mol. The van der Waals surface area contributed by atoms with Gasteiger partial charge in [0, 0.05) is 16.8 Å². The lowest BCUT2D eigenvalue weighted by molar-refractivity contribution is 0.0939. The van der Waals surface area contributed by atoms with E-state index in [-0.39, 0.29) is 16.6 Å². The fraction of sp³-hybridized carbons (Fsp3) is 0.174. The maximum atomic E-state index is 13.9. The van der Waals surface area contributed by atoms with E-state index < -0.39 is 16.1 Å². The Kier molecular flexibility index (Phi) is 6.22. The molecule has 1 atom stereocenters. The molecule has 3 rings (SSSR count). The number of nitrogens with one attached hydrogen (secondary N) is 2. The summed E-state index contributed by atoms with van der Waals surface area (Å²) in [7, 11) is -3.75. The minimum absolute atomic E-state index is 0.211. The number of hydrogen-bond donors (Lipinski definition) is 2. The fourth-order valence-electron chi connectivity index (χ4n) is 3.08. The van der Waals surface area contributed by atoms with Gasteiger partial charge in [0.05, 0.1) is 10.9 Å². The van der Waals surface area contributed by atoms with E-state index in [2.05, 4.69) is 10.0 Å². The van der Waals surface area contributed by atoms with E-state index in [0.717, 1.165) is 5.56 Å². The van der Waals surface area contributed by atoms with Crippen molar-refractivity contribution >= 4 is 21.6 Å². The van der Waals surface area contributed by atoms with Crippen LogP contribution in [0.15, 0.2) is 71.6 Å². The van der Waals surface area contributed by atoms with Crippen LogP contribution in [0.1, 0.15) is 40.0 Å². The number of amides is 1. The number of carbonyl (C=O) groups is 1. The number of anilines is 1. The highest BCUT2D eigenvalue weighted by Gasteiger charge is 2.18. The van der Waals surface area contributed by atoms with E-state index >= 15 is 0 Å². The SMILES string of the molecule is Cc1ccc(C)c(S(=O)(=O)Nc2ccc(C(=O)NC(C)c3ccccc3F)cc2)c1. The van der Waals surface area contributed by atoms with Gasteiger partial charge in [-0.1, -0.05) is 30.3 Å². The molecule has 1 unspecified atom stereocenters. The quantitative estimate of drug-likeness (QED) is 0.598. The Labute approximate surface area is 176 Å². The first kappa shape index (κ1) is 21.5. The van der Waals surface area contributed by atoms with Crippen LogP contribution in [0.25, 0.3) is 0 Å². The summed E-state index contributed by atoms with van der Waals surface area (Å²) in [5, 5.41) is 2.74. The van der Waals surface area contributed by atoms with Crippen LogP contribution in [0.3, 0.4) is 0 Å². The van der Waals surface area contributed by atoms with Crippen molar-refractivity contribution in [1.29, 1.82) is 0 Å². The van der Waals surface area contributed by atoms with Gasteiger partial charge in [-0.25, -0.2) is 12.8 Å². The molecular weight excluding hydrogens is 403 g/mol. The molecular formula is C23H23FN2O3S. The molecule has 3 aromatic carbocycles. The zero-order chi connectivity index (χ0) is 21.9. The van der Waals surface area contributed by atoms with Gasteiger partial charge >= 0.3 is 0 Å². The van der Waals surface area contributed by atoms with Crippen molar-refractivity contribution in [2.45, 2.75) is 31.7 Å². The van der Waals surface area contributed by atoms with Crippen LogP contribution in [-0.2, 0) is 10.0 Å². The van der Waals surface area contributed by atoms with Gasteiger partial charge in [0.1, 0.15) is 5.82 Å². The predicted octanol–water partition coefficient (Wildman–Crippen LogP) is 4.73. The molecule has 0 aliphatic carbocycles. The van der Waals surface area contributed by atoms with Crippen LogP contribution in [0, 0.1) is 19.7 Å². The van der Waals surface area contributed by atoms with Crippen LogP contribution >= 0.6 is 0 Å². The first-order valence-corrected chi connectivity index (χ1v) is 10.9. The summed E-state index contributed by atoms with van der Waals surface area (Å²) in [5.74, 6) is -0.767. The molecule has 0 fully saturated rings. The average Bonchev–Trinajstić information content (AvgIpc) is 2.70. The van der Waals surface area contributed by atoms with Gasteiger partial charge in [0.15, 0.2) is 0 Å². The molecule has 1 amide bonds. The van der Waals surface area contributed by atoms with E-state index in [9.17, 15) is 17.6 Å². The topological polar surface area (TPSA) is 75.3 Å². The first-order valence-electron chi connectivity index (χ1n) is 9.43. The van der Waals surface area contributed by atoms with Gasteiger partial charge in [0.25, 0.3) is 15.9 Å². The largest absolute Gasteiger partial charge is 0.345 e. The highest BCUT2D eigenvalue weighted by atomic mass is 32.2. The summed E-state index contributed by atoms with van der Waals surface area (Å²) >= 11 is 0. The Morgan fingerprint density at radius 1 is 0.967 bits per heavy atom. The summed E-state index contributed by atoms with van der Waals surface area (Å²) in [6.07, 6.45) is 0. The Morgan fingerprint density at radius 2 is 1.63 bits per heavy atom. The number of carbonyl (C=O) groups excluding carboxylic acids is 1. The molecule has 0 aromatic heterocycles. The number of halogens is 1. The van der Waals surface area contributed by atoms with E-state index in [1.807, 2.05) is 13.0 Å². The summed E-state index contributed by atoms with van der Waals surface area (Å²) < 4.78 is 41.8. The third-order valence-corrected chi connectivity index (χ3v) is 6.28. The van der Waals surface area contributed by atoms with Crippen molar-refractivity contribution < 1.29 is 17.6 Å². The minimum Gasteiger partial charge on any atom is -0.345 e. The lowest BCUT2D eigenvalue weighted by Gasteiger charge is -2.15. The predicted molar refractivity (Wildman–Crippen MR) is 115 cm³/mol. The molecule has 0 radical (unpaired) electrons. The number of rotatable bonds is 6. The number of aryl methyl sites for hydroxylation is 2. The molecule has 0 saturated heterocycles. The molecule has 156 valence electrons. The summed E-state index contributed by atoms with van der Waals surface area (Å²) in [5.41, 5.74) is 2.56. The first-order chi connectivity index (χ1) is 14.2. The van der Waals surface area contributed by atoms with Gasteiger partial charge in [-0.3, -0.25) is 9.52 Å². The van der Waals surface area contributed by atoms with Crippen molar-refractivity contribution in [3.05, 3.63) is 94.8 Å². The second-order valence-corrected chi connectivity index (χ2v) is 8.82. The van der Waals surface area contributed by atoms with Gasteiger partial charge in [-0.05, 0) is 68.3 Å². The molecule has 3 aromatic rings. The maximum Gasteiger partial charge on any atom is 0.262 e. The molecule has 0 heterocycles. The maximum absolute atomic E-state index is 13.9. The van der Waals surface area contributed by atoms with Gasteiger partial charge < -0.3 is 5.32 Å². The van der Waals surface area contributed by atoms with Crippen molar-refractivity contribution in [1.82, 2.24) is 5.32 Å². The second-order valence-electron chi connectivity index (χ2n) is 7.17. The molecule has 30 heavy (non-hydrogen) atoms. The van der Waals surface area contributed by atoms with Crippen molar-refractivity contribution in [3.8, 4) is 0 Å². The van der Waals surface area contributed by atoms with Gasteiger partial charge in [-0.15, -0.1) is 0 Å². The van der Waals surface area contributed by atoms with Crippen molar-refractivity contribution in [2.75, 3.05) is 4.72 Å². The van der Waals surface area contributed by atoms with Crippen molar-refractivity contribution in [3.63, 3.8) is 0 Å². The lowest BCUT2D eigenvalue weighted by Crippen LogP contribution is -2.27. The van der Waals surface area contributed by atoms with Crippen molar-refractivity contribution in [2.24, 2.45) is 0 Å². The highest BCUT2D eigenvalue weighted by molar-refractivity contribution is 7.92. The number of sulfonamides is 1. The highest BCUT2D eigenvalue weighted by Crippen LogP contribution is 2.21. The van der Waals surface area contributed by atoms with Crippen LogP contribution in [0.4, 0.5) is 10.1 Å². The number of hydrogen-bond acceptors (Lipinski definition) is 3. The number of benzene rings is 3. The molecule has 0 aliphatic rings. The summed E-state index contributed by atoms with van der Waals surface area (Å²) in [6, 6.07) is 17.0. The zero-order valence-electron chi connectivity index (χ0n) is 16.9. The zero-order valence-corrected chi connectivity index (χ0v) is 17.8. The van der Waals surface area contributed by atoms with Crippen LogP contribution < -0.4 is 10.0 Å². The second kappa shape index (κ2) is 8.67. The molecule has 7 heteroatoms. The fourth-order valence-corrected chi connectivity index (χ4v) is 4.47. The summed E-state index contributed by atoms with van der Waals surface area (Å²) in [6.45, 7) is 5.26. The third kappa shape index (κ3) is 4.86. The standard InChI is InChI=1S/C23H23FN2O3S/c1-15-8-9-16(2)22(14-15)30(28,29)26-19-12-10-18(11-13-19)23(27)25-17(3)20-6-4-5-7-21(20)24/h4-14,17,26H,1-3H3,(H,25,27). The Hall–Kier alpha value is -3.19. The van der Waals surface area contributed by atoms with Gasteiger partial charge in [-0.2, -0.15) is 0 Å². The van der Waals surface area contributed by atoms with Crippen LogP contribution in [0.5, 0.6) is 0 Å². The molecule has 0 bridgehead atoms. The molecule has 0 aliphatic heterocycles. The van der Waals surface area contributed by atoms with E-state index in [1.165, 1.54) is 30.3 Å². The van der Waals surface area contributed by atoms with Crippen LogP contribution in [-0.4, -0.2) is 14.3 Å². The molecule has 2 N–H and O–H groups in total. The average molecular weight is 427 g/mol. The normalized spacial score (nSPS) is 12.3. The summed E-state index contributed by atoms with van der Waals surface area (Å²) in [4.78, 5) is 12.7. The Morgan fingerprint density at radius 3 is 2.30 bits per heavy atom. The Balaban J connectivity index is 1.72. The van der Waals surface area contributed by atoms with Crippen LogP contribution in [0.2, 0.25) is 0 Å². The smallest absolute Gasteiger partial charge is 0.262 e. The van der Waals surface area contributed by atoms with E-state index in [4.69, 9.17) is 0 Å². The lowest BCUT2D eigenvalue weighted by atomic mass is 10.1. The van der Waals surface area contributed by atoms with E-state index in [1.54, 1.807) is 44.2 Å². The molecule has 0 spiro atoms. The Bertz CT molecular complexity index is 1180. The minimum atomic E-state index is -3.75.